The summed E-state index contributed by atoms with van der Waals surface area (Å²) in [7, 11) is 0. The van der Waals surface area contributed by atoms with E-state index in [0.29, 0.717) is 5.56 Å². The normalized spacial score (nSPS) is 9.65. The first-order chi connectivity index (χ1) is 7.91. The third-order valence-corrected chi connectivity index (χ3v) is 2.03. The summed E-state index contributed by atoms with van der Waals surface area (Å²) in [6, 6.07) is 5.37. The molecule has 1 rings (SSSR count). The molecule has 0 saturated heterocycles. The van der Waals surface area contributed by atoms with E-state index in [2.05, 4.69) is 6.58 Å². The molecule has 88 valence electrons. The van der Waals surface area contributed by atoms with Crippen molar-refractivity contribution in [3.63, 3.8) is 0 Å². The number of ketones is 1. The van der Waals surface area contributed by atoms with Crippen molar-refractivity contribution in [2.24, 2.45) is 0 Å². The van der Waals surface area contributed by atoms with Crippen molar-refractivity contribution < 1.29 is 14.6 Å². The molecule has 0 unspecified atom stereocenters. The number of nitro groups is 2. The third-order valence-electron chi connectivity index (χ3n) is 2.03. The summed E-state index contributed by atoms with van der Waals surface area (Å²) in [6.45, 7) is 3.03. The van der Waals surface area contributed by atoms with Gasteiger partial charge in [-0.2, -0.15) is 0 Å². The zero-order chi connectivity index (χ0) is 13.0. The Morgan fingerprint density at radius 3 is 2.47 bits per heavy atom. The summed E-state index contributed by atoms with van der Waals surface area (Å²) in [5.41, 5.74) is -0.550. The van der Waals surface area contributed by atoms with Gasteiger partial charge < -0.3 is 0 Å². The maximum Gasteiger partial charge on any atom is 0.305 e. The maximum absolute atomic E-state index is 11.3. The molecule has 0 heterocycles. The van der Waals surface area contributed by atoms with Gasteiger partial charge in [0, 0.05) is 18.6 Å². The molecule has 7 nitrogen and oxygen atoms in total. The Kier molecular flexibility index (Phi) is 3.66. The minimum Gasteiger partial charge on any atom is -0.287 e. The standard InChI is InChI=1S/C10H8N2O5/c1-7(11(14)15)10(13)6-8-3-2-4-9(5-8)12(16)17/h2-5H,1,6H2. The Morgan fingerprint density at radius 1 is 1.29 bits per heavy atom. The maximum atomic E-state index is 11.3. The van der Waals surface area contributed by atoms with Crippen LogP contribution in [0.3, 0.4) is 0 Å². The molecule has 0 radical (unpaired) electrons. The molecular formula is C10H8N2O5. The molecule has 0 spiro atoms. The number of hydrogen-bond acceptors (Lipinski definition) is 5. The zero-order valence-corrected chi connectivity index (χ0v) is 8.66. The van der Waals surface area contributed by atoms with Crippen molar-refractivity contribution in [3.05, 3.63) is 62.3 Å². The van der Waals surface area contributed by atoms with Crippen molar-refractivity contribution in [2.45, 2.75) is 6.42 Å². The quantitative estimate of drug-likeness (QED) is 0.437. The van der Waals surface area contributed by atoms with Crippen LogP contribution in [0.2, 0.25) is 0 Å². The van der Waals surface area contributed by atoms with E-state index in [-0.39, 0.29) is 12.1 Å². The van der Waals surface area contributed by atoms with Gasteiger partial charge >= 0.3 is 5.70 Å². The Bertz CT molecular complexity index is 509. The van der Waals surface area contributed by atoms with Crippen LogP contribution in [0.4, 0.5) is 5.69 Å². The largest absolute Gasteiger partial charge is 0.305 e. The van der Waals surface area contributed by atoms with Gasteiger partial charge in [-0.15, -0.1) is 0 Å². The topological polar surface area (TPSA) is 103 Å². The summed E-state index contributed by atoms with van der Waals surface area (Å²) < 4.78 is 0. The number of nitro benzene ring substituents is 1. The van der Waals surface area contributed by atoms with Crippen molar-refractivity contribution >= 4 is 11.5 Å². The van der Waals surface area contributed by atoms with Crippen LogP contribution in [0.5, 0.6) is 0 Å². The van der Waals surface area contributed by atoms with Gasteiger partial charge in [0.15, 0.2) is 0 Å². The minimum absolute atomic E-state index is 0.165. The van der Waals surface area contributed by atoms with Crippen LogP contribution in [0.1, 0.15) is 5.56 Å². The van der Waals surface area contributed by atoms with Gasteiger partial charge in [0.05, 0.1) is 9.85 Å². The number of benzene rings is 1. The van der Waals surface area contributed by atoms with E-state index in [1.807, 2.05) is 0 Å². The Hall–Kier alpha value is -2.57. The molecule has 0 N–H and O–H groups in total. The number of Topliss-reactive ketones (excluding diaryl/α,β-unsaturated/α-hetero) is 1. The first kappa shape index (κ1) is 12.5. The van der Waals surface area contributed by atoms with E-state index in [1.165, 1.54) is 24.3 Å². The fourth-order valence-electron chi connectivity index (χ4n) is 1.17. The first-order valence-electron chi connectivity index (χ1n) is 4.51. The Labute approximate surface area is 95.7 Å². The summed E-state index contributed by atoms with van der Waals surface area (Å²) >= 11 is 0. The van der Waals surface area contributed by atoms with Crippen LogP contribution < -0.4 is 0 Å². The van der Waals surface area contributed by atoms with E-state index >= 15 is 0 Å². The highest BCUT2D eigenvalue weighted by Gasteiger charge is 2.19. The van der Waals surface area contributed by atoms with Gasteiger partial charge in [0.2, 0.25) is 5.78 Å². The van der Waals surface area contributed by atoms with Gasteiger partial charge in [-0.1, -0.05) is 12.1 Å². The first-order valence-corrected chi connectivity index (χ1v) is 4.51. The number of hydrogen-bond donors (Lipinski definition) is 0. The second-order valence-electron chi connectivity index (χ2n) is 3.23. The van der Waals surface area contributed by atoms with Crippen molar-refractivity contribution in [3.8, 4) is 0 Å². The van der Waals surface area contributed by atoms with Gasteiger partial charge in [0.25, 0.3) is 5.69 Å². The van der Waals surface area contributed by atoms with Crippen molar-refractivity contribution in [2.75, 3.05) is 0 Å². The summed E-state index contributed by atoms with van der Waals surface area (Å²) in [5.74, 6) is -0.768. The molecule has 0 aliphatic rings. The average Bonchev–Trinajstić information content (AvgIpc) is 2.28. The van der Waals surface area contributed by atoms with Crippen molar-refractivity contribution in [1.82, 2.24) is 0 Å². The van der Waals surface area contributed by atoms with Crippen molar-refractivity contribution in [1.29, 1.82) is 0 Å². The molecule has 0 bridgehead atoms. The van der Waals surface area contributed by atoms with Crippen LogP contribution in [-0.4, -0.2) is 15.6 Å². The second-order valence-corrected chi connectivity index (χ2v) is 3.23. The number of carbonyl (C=O) groups excluding carboxylic acids is 1. The number of rotatable bonds is 5. The molecule has 0 saturated carbocycles. The Balaban J connectivity index is 2.86. The Morgan fingerprint density at radius 2 is 1.94 bits per heavy atom. The lowest BCUT2D eigenvalue weighted by atomic mass is 10.1. The molecule has 0 fully saturated rings. The lowest BCUT2D eigenvalue weighted by molar-refractivity contribution is -0.418. The fourth-order valence-corrected chi connectivity index (χ4v) is 1.17. The second kappa shape index (κ2) is 4.97. The molecule has 17 heavy (non-hydrogen) atoms. The van der Waals surface area contributed by atoms with E-state index in [4.69, 9.17) is 0 Å². The predicted octanol–water partition coefficient (Wildman–Crippen LogP) is 1.50. The summed E-state index contributed by atoms with van der Waals surface area (Å²) in [5, 5.41) is 20.8. The highest BCUT2D eigenvalue weighted by atomic mass is 16.6. The van der Waals surface area contributed by atoms with E-state index < -0.39 is 21.3 Å². The van der Waals surface area contributed by atoms with Gasteiger partial charge in [-0.25, -0.2) is 0 Å². The molecule has 1 aromatic carbocycles. The van der Waals surface area contributed by atoms with E-state index in [9.17, 15) is 25.0 Å². The third kappa shape index (κ3) is 3.20. The van der Waals surface area contributed by atoms with Gasteiger partial charge in [-0.05, 0) is 12.1 Å². The van der Waals surface area contributed by atoms with Crippen LogP contribution in [0.15, 0.2) is 36.5 Å². The highest BCUT2D eigenvalue weighted by molar-refractivity contribution is 5.94. The molecule has 0 amide bonds. The van der Waals surface area contributed by atoms with Crippen LogP contribution in [0.25, 0.3) is 0 Å². The monoisotopic (exact) mass is 236 g/mol. The van der Waals surface area contributed by atoms with E-state index in [1.54, 1.807) is 0 Å². The highest BCUT2D eigenvalue weighted by Crippen LogP contribution is 2.14. The molecule has 1 aromatic rings. The van der Waals surface area contributed by atoms with Gasteiger partial charge in [0.1, 0.15) is 0 Å². The molecular weight excluding hydrogens is 228 g/mol. The number of non-ortho nitro benzene ring substituents is 1. The molecule has 0 aliphatic carbocycles. The zero-order valence-electron chi connectivity index (χ0n) is 8.66. The van der Waals surface area contributed by atoms with Crippen LogP contribution in [0, 0.1) is 20.2 Å². The SMILES string of the molecule is C=C(C(=O)Cc1cccc([N+](=O)[O-])c1)[N+](=O)[O-]. The minimum atomic E-state index is -0.875. The smallest absolute Gasteiger partial charge is 0.287 e. The van der Waals surface area contributed by atoms with Crippen LogP contribution >= 0.6 is 0 Å². The molecule has 0 aromatic heterocycles. The molecule has 0 atom stereocenters. The lowest BCUT2D eigenvalue weighted by Gasteiger charge is -1.98. The molecule has 0 aliphatic heterocycles. The van der Waals surface area contributed by atoms with Crippen LogP contribution in [-0.2, 0) is 11.2 Å². The lowest BCUT2D eigenvalue weighted by Crippen LogP contribution is -2.12. The number of carbonyl (C=O) groups is 1. The number of allylic oxidation sites excluding steroid dienone is 1. The summed E-state index contributed by atoms with van der Waals surface area (Å²) in [4.78, 5) is 30.6. The fraction of sp³-hybridized carbons (Fsp3) is 0.100. The van der Waals surface area contributed by atoms with E-state index in [0.717, 1.165) is 0 Å². The molecule has 7 heteroatoms. The number of nitrogens with zero attached hydrogens (tertiary/aromatic N) is 2. The average molecular weight is 236 g/mol. The predicted molar refractivity (Wildman–Crippen MR) is 57.9 cm³/mol. The summed E-state index contributed by atoms with van der Waals surface area (Å²) in [6.07, 6.45) is -0.276. The van der Waals surface area contributed by atoms with Gasteiger partial charge in [-0.3, -0.25) is 25.0 Å².